The highest BCUT2D eigenvalue weighted by Crippen LogP contribution is 2.42. The van der Waals surface area contributed by atoms with Crippen molar-refractivity contribution in [3.05, 3.63) is 70.9 Å². The van der Waals surface area contributed by atoms with Gasteiger partial charge in [-0.25, -0.2) is 4.68 Å². The molecule has 0 spiro atoms. The number of ketones is 1. The lowest BCUT2D eigenvalue weighted by molar-refractivity contribution is -0.116. The molecule has 0 unspecified atom stereocenters. The van der Waals surface area contributed by atoms with E-state index in [1.807, 2.05) is 31.2 Å². The summed E-state index contributed by atoms with van der Waals surface area (Å²) in [5.41, 5.74) is 3.67. The number of hydrogen-bond donors (Lipinski definition) is 2. The van der Waals surface area contributed by atoms with E-state index in [0.29, 0.717) is 29.9 Å². The highest BCUT2D eigenvalue weighted by molar-refractivity contribution is 7.98. The Morgan fingerprint density at radius 1 is 1.22 bits per heavy atom. The summed E-state index contributed by atoms with van der Waals surface area (Å²) in [6.45, 7) is 2.30. The molecule has 2 aliphatic rings. The Morgan fingerprint density at radius 2 is 2.06 bits per heavy atom. The molecule has 0 bridgehead atoms. The van der Waals surface area contributed by atoms with E-state index in [9.17, 15) is 9.90 Å². The molecule has 1 aliphatic carbocycles. The molecule has 0 fully saturated rings. The van der Waals surface area contributed by atoms with Crippen molar-refractivity contribution in [1.82, 2.24) is 14.8 Å². The third-order valence-electron chi connectivity index (χ3n) is 5.66. The topological polar surface area (TPSA) is 89.3 Å². The van der Waals surface area contributed by atoms with Gasteiger partial charge in [-0.2, -0.15) is 4.98 Å². The lowest BCUT2D eigenvalue weighted by Gasteiger charge is -2.32. The SMILES string of the molecule is CCOc1cc([C@H]2C3=C(CCCC3=O)Nc3nc(SCc4ccccc4)nn32)ccc1O. The number of phenolic OH excluding ortho intramolecular Hbond substituents is 1. The monoisotopic (exact) mass is 448 g/mol. The first kappa shape index (κ1) is 20.6. The third kappa shape index (κ3) is 3.86. The van der Waals surface area contributed by atoms with Gasteiger partial charge in [0.25, 0.3) is 0 Å². The van der Waals surface area contributed by atoms with E-state index in [4.69, 9.17) is 14.8 Å². The van der Waals surface area contributed by atoms with Crippen LogP contribution in [0.25, 0.3) is 0 Å². The lowest BCUT2D eigenvalue weighted by atomic mass is 9.85. The first-order valence-electron chi connectivity index (χ1n) is 10.8. The zero-order valence-electron chi connectivity index (χ0n) is 17.7. The van der Waals surface area contributed by atoms with E-state index >= 15 is 0 Å². The predicted octanol–water partition coefficient (Wildman–Crippen LogP) is 4.70. The van der Waals surface area contributed by atoms with Crippen molar-refractivity contribution in [3.63, 3.8) is 0 Å². The largest absolute Gasteiger partial charge is 0.504 e. The summed E-state index contributed by atoms with van der Waals surface area (Å²) >= 11 is 1.56. The van der Waals surface area contributed by atoms with E-state index in [1.165, 1.54) is 5.56 Å². The maximum Gasteiger partial charge on any atom is 0.227 e. The Labute approximate surface area is 190 Å². The number of fused-ring (bicyclic) bond motifs is 1. The molecule has 1 aromatic heterocycles. The predicted molar refractivity (Wildman–Crippen MR) is 123 cm³/mol. The molecule has 0 saturated carbocycles. The Morgan fingerprint density at radius 3 is 2.88 bits per heavy atom. The summed E-state index contributed by atoms with van der Waals surface area (Å²) < 4.78 is 7.38. The highest BCUT2D eigenvalue weighted by atomic mass is 32.2. The van der Waals surface area contributed by atoms with Crippen LogP contribution >= 0.6 is 11.8 Å². The van der Waals surface area contributed by atoms with Crippen molar-refractivity contribution in [2.75, 3.05) is 11.9 Å². The molecule has 3 aromatic rings. The van der Waals surface area contributed by atoms with E-state index in [2.05, 4.69) is 17.4 Å². The minimum absolute atomic E-state index is 0.0756. The zero-order valence-corrected chi connectivity index (χ0v) is 18.6. The van der Waals surface area contributed by atoms with Gasteiger partial charge in [-0.05, 0) is 43.0 Å². The second-order valence-electron chi connectivity index (χ2n) is 7.79. The first-order valence-corrected chi connectivity index (χ1v) is 11.7. The number of nitrogens with one attached hydrogen (secondary N) is 1. The maximum atomic E-state index is 13.0. The standard InChI is InChI=1S/C24H24N4O3S/c1-2-31-20-13-16(11-12-18(20)29)22-21-17(9-6-10-19(21)30)25-23-26-24(27-28(22)23)32-14-15-7-4-3-5-8-15/h3-5,7-8,11-13,22,29H,2,6,9-10,14H2,1H3,(H,25,26,27)/t22-/m0/s1. The van der Waals surface area contributed by atoms with Gasteiger partial charge >= 0.3 is 0 Å². The fourth-order valence-corrected chi connectivity index (χ4v) is 4.98. The van der Waals surface area contributed by atoms with Crippen LogP contribution in [0.2, 0.25) is 0 Å². The molecule has 5 rings (SSSR count). The lowest BCUT2D eigenvalue weighted by Crippen LogP contribution is -2.31. The molecule has 0 amide bonds. The van der Waals surface area contributed by atoms with E-state index in [-0.39, 0.29) is 11.5 Å². The van der Waals surface area contributed by atoms with Crippen LogP contribution < -0.4 is 10.1 Å². The van der Waals surface area contributed by atoms with Crippen LogP contribution in [0, 0.1) is 0 Å². The van der Waals surface area contributed by atoms with Gasteiger partial charge < -0.3 is 15.2 Å². The average Bonchev–Trinajstić information content (AvgIpc) is 3.21. The number of allylic oxidation sites excluding steroid dienone is 2. The molecule has 2 N–H and O–H groups in total. The zero-order chi connectivity index (χ0) is 22.1. The second-order valence-corrected chi connectivity index (χ2v) is 8.74. The van der Waals surface area contributed by atoms with E-state index in [0.717, 1.165) is 35.4 Å². The van der Waals surface area contributed by atoms with Crippen molar-refractivity contribution < 1.29 is 14.6 Å². The number of ether oxygens (including phenoxy) is 1. The molecular formula is C24H24N4O3S. The number of aromatic nitrogens is 3. The Kier molecular flexibility index (Phi) is 5.61. The molecule has 32 heavy (non-hydrogen) atoms. The quantitative estimate of drug-likeness (QED) is 0.529. The number of carbonyl (C=O) groups is 1. The molecule has 0 saturated heterocycles. The van der Waals surface area contributed by atoms with Crippen LogP contribution in [0.3, 0.4) is 0 Å². The summed E-state index contributed by atoms with van der Waals surface area (Å²) in [6.07, 6.45) is 2.14. The molecular weight excluding hydrogens is 424 g/mol. The van der Waals surface area contributed by atoms with Gasteiger partial charge in [-0.15, -0.1) is 5.10 Å². The van der Waals surface area contributed by atoms with Gasteiger partial charge in [0.2, 0.25) is 11.1 Å². The molecule has 7 nitrogen and oxygen atoms in total. The van der Waals surface area contributed by atoms with Crippen LogP contribution in [0.4, 0.5) is 5.95 Å². The van der Waals surface area contributed by atoms with Gasteiger partial charge in [0.1, 0.15) is 6.04 Å². The fraction of sp³-hybridized carbons (Fsp3) is 0.292. The van der Waals surface area contributed by atoms with Gasteiger partial charge in [-0.3, -0.25) is 4.79 Å². The van der Waals surface area contributed by atoms with Crippen LogP contribution in [0.1, 0.15) is 43.4 Å². The Balaban J connectivity index is 1.54. The number of anilines is 1. The van der Waals surface area contributed by atoms with Gasteiger partial charge in [0.05, 0.1) is 6.61 Å². The number of benzene rings is 2. The number of nitrogens with zero attached hydrogens (tertiary/aromatic N) is 3. The van der Waals surface area contributed by atoms with Crippen molar-refractivity contribution in [2.45, 2.75) is 43.1 Å². The molecule has 1 aliphatic heterocycles. The maximum absolute atomic E-state index is 13.0. The van der Waals surface area contributed by atoms with Crippen molar-refractivity contribution in [1.29, 1.82) is 0 Å². The highest BCUT2D eigenvalue weighted by Gasteiger charge is 2.37. The second kappa shape index (κ2) is 8.70. The smallest absolute Gasteiger partial charge is 0.227 e. The van der Waals surface area contributed by atoms with Gasteiger partial charge in [-0.1, -0.05) is 48.2 Å². The van der Waals surface area contributed by atoms with Crippen molar-refractivity contribution >= 4 is 23.5 Å². The van der Waals surface area contributed by atoms with Crippen LogP contribution in [-0.2, 0) is 10.5 Å². The Bertz CT molecular complexity index is 1190. The molecule has 0 radical (unpaired) electrons. The molecule has 2 aromatic carbocycles. The minimum atomic E-state index is -0.410. The van der Waals surface area contributed by atoms with E-state index < -0.39 is 6.04 Å². The van der Waals surface area contributed by atoms with E-state index in [1.54, 1.807) is 28.6 Å². The normalized spacial score (nSPS) is 17.5. The number of hydrogen-bond acceptors (Lipinski definition) is 7. The number of carbonyl (C=O) groups excluding carboxylic acids is 1. The summed E-state index contributed by atoms with van der Waals surface area (Å²) in [6, 6.07) is 15.0. The summed E-state index contributed by atoms with van der Waals surface area (Å²) in [5.74, 6) is 1.98. The fourth-order valence-electron chi connectivity index (χ4n) is 4.20. The molecule has 1 atom stereocenters. The van der Waals surface area contributed by atoms with Gasteiger partial charge in [0, 0.05) is 23.4 Å². The van der Waals surface area contributed by atoms with Crippen LogP contribution in [0.15, 0.2) is 65.0 Å². The average molecular weight is 449 g/mol. The molecule has 164 valence electrons. The van der Waals surface area contributed by atoms with Crippen LogP contribution in [0.5, 0.6) is 11.5 Å². The number of rotatable bonds is 6. The number of thioether (sulfide) groups is 1. The molecule has 8 heteroatoms. The summed E-state index contributed by atoms with van der Waals surface area (Å²) in [4.78, 5) is 17.7. The van der Waals surface area contributed by atoms with Gasteiger partial charge in [0.15, 0.2) is 17.3 Å². The number of Topliss-reactive ketones (excluding diaryl/α,β-unsaturated/α-hetero) is 1. The third-order valence-corrected chi connectivity index (χ3v) is 6.57. The van der Waals surface area contributed by atoms with Crippen LogP contribution in [-0.4, -0.2) is 32.3 Å². The number of phenols is 1. The minimum Gasteiger partial charge on any atom is -0.504 e. The molecule has 2 heterocycles. The Hall–Kier alpha value is -3.26. The van der Waals surface area contributed by atoms with Crippen molar-refractivity contribution in [2.24, 2.45) is 0 Å². The van der Waals surface area contributed by atoms with Crippen molar-refractivity contribution in [3.8, 4) is 11.5 Å². The summed E-state index contributed by atoms with van der Waals surface area (Å²) in [7, 11) is 0. The first-order chi connectivity index (χ1) is 15.6. The number of aromatic hydroxyl groups is 1. The summed E-state index contributed by atoms with van der Waals surface area (Å²) in [5, 5.41) is 18.9.